The lowest BCUT2D eigenvalue weighted by Gasteiger charge is -2.28. The van der Waals surface area contributed by atoms with Crippen LogP contribution in [-0.4, -0.2) is 23.0 Å². The standard InChI is InChI=1S/C17H29N3O/c1-6-10-18-15-12-13(11-14(7-2)19-15)16(21)20-17(5,8-3)9-4/h11-12H,6-10H2,1-5H3,(H,18,19)(H,20,21). The Bertz CT molecular complexity index is 467. The molecule has 0 fully saturated rings. The molecule has 21 heavy (non-hydrogen) atoms. The first kappa shape index (κ1) is 17.5. The van der Waals surface area contributed by atoms with Gasteiger partial charge in [-0.3, -0.25) is 4.79 Å². The normalized spacial score (nSPS) is 11.3. The molecule has 4 nitrogen and oxygen atoms in total. The van der Waals surface area contributed by atoms with E-state index in [1.54, 1.807) is 0 Å². The number of aromatic nitrogens is 1. The van der Waals surface area contributed by atoms with Crippen LogP contribution in [0.1, 0.15) is 69.9 Å². The molecule has 1 aromatic rings. The van der Waals surface area contributed by atoms with Crippen molar-refractivity contribution in [3.05, 3.63) is 23.4 Å². The fourth-order valence-corrected chi connectivity index (χ4v) is 2.02. The number of nitrogens with one attached hydrogen (secondary N) is 2. The zero-order valence-electron chi connectivity index (χ0n) is 14.0. The van der Waals surface area contributed by atoms with Crippen LogP contribution in [-0.2, 0) is 6.42 Å². The number of carbonyl (C=O) groups is 1. The maximum atomic E-state index is 12.5. The van der Waals surface area contributed by atoms with Crippen molar-refractivity contribution in [3.8, 4) is 0 Å². The fourth-order valence-electron chi connectivity index (χ4n) is 2.02. The van der Waals surface area contributed by atoms with E-state index in [9.17, 15) is 4.79 Å². The smallest absolute Gasteiger partial charge is 0.251 e. The predicted molar refractivity (Wildman–Crippen MR) is 88.8 cm³/mol. The molecule has 0 aliphatic heterocycles. The lowest BCUT2D eigenvalue weighted by molar-refractivity contribution is 0.0901. The van der Waals surface area contributed by atoms with E-state index in [2.05, 4.69) is 50.2 Å². The third-order valence-corrected chi connectivity index (χ3v) is 4.03. The van der Waals surface area contributed by atoms with Crippen molar-refractivity contribution in [2.45, 2.75) is 65.8 Å². The molecule has 0 aliphatic carbocycles. The first-order valence-corrected chi connectivity index (χ1v) is 8.05. The van der Waals surface area contributed by atoms with Gasteiger partial charge in [-0.05, 0) is 44.7 Å². The van der Waals surface area contributed by atoms with Crippen molar-refractivity contribution >= 4 is 11.7 Å². The molecule has 2 N–H and O–H groups in total. The van der Waals surface area contributed by atoms with Crippen LogP contribution < -0.4 is 10.6 Å². The van der Waals surface area contributed by atoms with Gasteiger partial charge in [0.2, 0.25) is 0 Å². The molecule has 0 bridgehead atoms. The molecule has 0 spiro atoms. The molecule has 0 unspecified atom stereocenters. The molecular formula is C17H29N3O. The van der Waals surface area contributed by atoms with Crippen LogP contribution in [0.15, 0.2) is 12.1 Å². The molecule has 1 rings (SSSR count). The molecule has 0 saturated heterocycles. The second-order valence-electron chi connectivity index (χ2n) is 5.73. The van der Waals surface area contributed by atoms with E-state index in [1.807, 2.05) is 12.1 Å². The van der Waals surface area contributed by atoms with Gasteiger partial charge in [0.25, 0.3) is 5.91 Å². The number of nitrogens with zero attached hydrogens (tertiary/aromatic N) is 1. The van der Waals surface area contributed by atoms with Gasteiger partial charge in [-0.15, -0.1) is 0 Å². The van der Waals surface area contributed by atoms with E-state index in [4.69, 9.17) is 0 Å². The van der Waals surface area contributed by atoms with Crippen LogP contribution in [0, 0.1) is 0 Å². The molecule has 0 aromatic carbocycles. The minimum atomic E-state index is -0.149. The van der Waals surface area contributed by atoms with E-state index in [-0.39, 0.29) is 11.4 Å². The summed E-state index contributed by atoms with van der Waals surface area (Å²) in [4.78, 5) is 17.0. The quantitative estimate of drug-likeness (QED) is 0.766. The minimum Gasteiger partial charge on any atom is -0.370 e. The highest BCUT2D eigenvalue weighted by atomic mass is 16.1. The van der Waals surface area contributed by atoms with Gasteiger partial charge < -0.3 is 10.6 Å². The summed E-state index contributed by atoms with van der Waals surface area (Å²) in [6.45, 7) is 11.3. The predicted octanol–water partition coefficient (Wildman–Crippen LogP) is 3.77. The molecule has 118 valence electrons. The summed E-state index contributed by atoms with van der Waals surface area (Å²) in [5, 5.41) is 6.41. The second-order valence-corrected chi connectivity index (χ2v) is 5.73. The number of amides is 1. The Hall–Kier alpha value is -1.58. The van der Waals surface area contributed by atoms with Crippen molar-refractivity contribution in [1.29, 1.82) is 0 Å². The SMILES string of the molecule is CCCNc1cc(C(=O)NC(C)(CC)CC)cc(CC)n1. The van der Waals surface area contributed by atoms with Gasteiger partial charge in [0.15, 0.2) is 0 Å². The van der Waals surface area contributed by atoms with Gasteiger partial charge in [0, 0.05) is 23.3 Å². The number of pyridine rings is 1. The summed E-state index contributed by atoms with van der Waals surface area (Å²) in [5.74, 6) is 0.772. The maximum Gasteiger partial charge on any atom is 0.251 e. The fraction of sp³-hybridized carbons (Fsp3) is 0.647. The van der Waals surface area contributed by atoms with Crippen molar-refractivity contribution in [2.24, 2.45) is 0 Å². The van der Waals surface area contributed by atoms with Crippen LogP contribution >= 0.6 is 0 Å². The Morgan fingerprint density at radius 3 is 2.38 bits per heavy atom. The monoisotopic (exact) mass is 291 g/mol. The number of carbonyl (C=O) groups excluding carboxylic acids is 1. The lowest BCUT2D eigenvalue weighted by atomic mass is 9.95. The summed E-state index contributed by atoms with van der Waals surface area (Å²) in [5.41, 5.74) is 1.48. The summed E-state index contributed by atoms with van der Waals surface area (Å²) in [6, 6.07) is 3.73. The number of rotatable bonds is 8. The zero-order chi connectivity index (χ0) is 15.9. The Kier molecular flexibility index (Phi) is 6.66. The van der Waals surface area contributed by atoms with Crippen molar-refractivity contribution in [3.63, 3.8) is 0 Å². The largest absolute Gasteiger partial charge is 0.370 e. The molecule has 1 aromatic heterocycles. The minimum absolute atomic E-state index is 0.0159. The second kappa shape index (κ2) is 8.01. The number of anilines is 1. The van der Waals surface area contributed by atoms with Crippen molar-refractivity contribution in [2.75, 3.05) is 11.9 Å². The van der Waals surface area contributed by atoms with Crippen LogP contribution in [0.3, 0.4) is 0 Å². The molecule has 0 saturated carbocycles. The number of hydrogen-bond donors (Lipinski definition) is 2. The van der Waals surface area contributed by atoms with E-state index in [0.717, 1.165) is 43.7 Å². The van der Waals surface area contributed by atoms with Crippen molar-refractivity contribution < 1.29 is 4.79 Å². The van der Waals surface area contributed by atoms with Crippen LogP contribution in [0.4, 0.5) is 5.82 Å². The summed E-state index contributed by atoms with van der Waals surface area (Å²) >= 11 is 0. The summed E-state index contributed by atoms with van der Waals surface area (Å²) < 4.78 is 0. The Balaban J connectivity index is 2.97. The molecule has 4 heteroatoms. The Morgan fingerprint density at radius 2 is 1.86 bits per heavy atom. The molecule has 0 atom stereocenters. The van der Waals surface area contributed by atoms with Crippen LogP contribution in [0.5, 0.6) is 0 Å². The van der Waals surface area contributed by atoms with Gasteiger partial charge in [0.1, 0.15) is 5.82 Å². The molecule has 1 heterocycles. The van der Waals surface area contributed by atoms with Gasteiger partial charge in [-0.1, -0.05) is 27.7 Å². The summed E-state index contributed by atoms with van der Waals surface area (Å²) in [6.07, 6.45) is 3.69. The molecule has 1 amide bonds. The maximum absolute atomic E-state index is 12.5. The Labute approximate surface area is 128 Å². The van der Waals surface area contributed by atoms with Crippen LogP contribution in [0.25, 0.3) is 0 Å². The Morgan fingerprint density at radius 1 is 1.19 bits per heavy atom. The molecular weight excluding hydrogens is 262 g/mol. The highest BCUT2D eigenvalue weighted by Crippen LogP contribution is 2.17. The first-order valence-electron chi connectivity index (χ1n) is 8.05. The van der Waals surface area contributed by atoms with E-state index in [1.165, 1.54) is 0 Å². The number of hydrogen-bond acceptors (Lipinski definition) is 3. The van der Waals surface area contributed by atoms with Gasteiger partial charge in [0.05, 0.1) is 0 Å². The van der Waals surface area contributed by atoms with E-state index < -0.39 is 0 Å². The van der Waals surface area contributed by atoms with Gasteiger partial charge in [-0.25, -0.2) is 4.98 Å². The van der Waals surface area contributed by atoms with Gasteiger partial charge in [-0.2, -0.15) is 0 Å². The third-order valence-electron chi connectivity index (χ3n) is 4.03. The number of aryl methyl sites for hydroxylation is 1. The summed E-state index contributed by atoms with van der Waals surface area (Å²) in [7, 11) is 0. The van der Waals surface area contributed by atoms with E-state index >= 15 is 0 Å². The molecule has 0 radical (unpaired) electrons. The molecule has 0 aliphatic rings. The lowest BCUT2D eigenvalue weighted by Crippen LogP contribution is -2.45. The highest BCUT2D eigenvalue weighted by molar-refractivity contribution is 5.95. The van der Waals surface area contributed by atoms with E-state index in [0.29, 0.717) is 5.56 Å². The van der Waals surface area contributed by atoms with Crippen LogP contribution in [0.2, 0.25) is 0 Å². The zero-order valence-corrected chi connectivity index (χ0v) is 14.0. The average Bonchev–Trinajstić information content (AvgIpc) is 2.52. The van der Waals surface area contributed by atoms with Gasteiger partial charge >= 0.3 is 0 Å². The third kappa shape index (κ3) is 5.03. The topological polar surface area (TPSA) is 54.0 Å². The van der Waals surface area contributed by atoms with Crippen molar-refractivity contribution in [1.82, 2.24) is 10.3 Å². The highest BCUT2D eigenvalue weighted by Gasteiger charge is 2.23. The first-order chi connectivity index (χ1) is 9.97. The average molecular weight is 291 g/mol.